The van der Waals surface area contributed by atoms with Crippen molar-refractivity contribution in [2.24, 2.45) is 10.2 Å². The molecule has 0 saturated heterocycles. The number of nitrogens with zero attached hydrogens (tertiary/aromatic N) is 3. The van der Waals surface area contributed by atoms with Crippen molar-refractivity contribution in [1.29, 1.82) is 10.7 Å². The minimum absolute atomic E-state index is 0.00412. The predicted octanol–water partition coefficient (Wildman–Crippen LogP) is 1.72. The zero-order chi connectivity index (χ0) is 13.0. The fraction of sp³-hybridized carbons (Fsp3) is 0. The number of aromatic hydroxyl groups is 2. The van der Waals surface area contributed by atoms with Crippen molar-refractivity contribution < 1.29 is 14.6 Å². The Morgan fingerprint density at radius 2 is 1.89 bits per heavy atom. The molecule has 0 aliphatic carbocycles. The van der Waals surface area contributed by atoms with Crippen molar-refractivity contribution in [2.75, 3.05) is 5.73 Å². The van der Waals surface area contributed by atoms with Crippen LogP contribution in [0.15, 0.2) is 14.6 Å². The Hall–Kier alpha value is -3.08. The predicted molar refractivity (Wildman–Crippen MR) is 60.0 cm³/mol. The van der Waals surface area contributed by atoms with Gasteiger partial charge in [0.2, 0.25) is 0 Å². The van der Waals surface area contributed by atoms with E-state index in [1.54, 1.807) is 0 Å². The number of rotatable bonds is 0. The van der Waals surface area contributed by atoms with Gasteiger partial charge in [-0.1, -0.05) is 0 Å². The van der Waals surface area contributed by atoms with Crippen molar-refractivity contribution in [2.45, 2.75) is 0 Å². The van der Waals surface area contributed by atoms with E-state index in [0.29, 0.717) is 0 Å². The second-order valence-electron chi connectivity index (χ2n) is 3.64. The summed E-state index contributed by atoms with van der Waals surface area (Å²) in [5.74, 6) is -1.44. The third kappa shape index (κ3) is 0.952. The molecule has 18 heavy (non-hydrogen) atoms. The lowest BCUT2D eigenvalue weighted by Crippen LogP contribution is -1.99. The van der Waals surface area contributed by atoms with E-state index in [9.17, 15) is 10.2 Å². The molecule has 5 N–H and O–H groups in total. The Labute approximate surface area is 99.1 Å². The van der Waals surface area contributed by atoms with E-state index in [4.69, 9.17) is 16.4 Å². The Morgan fingerprint density at radius 3 is 2.56 bits per heavy atom. The molecular weight excluding hydrogens is 238 g/mol. The highest BCUT2D eigenvalue weighted by atomic mass is 16.5. The topological polar surface area (TPSA) is 152 Å². The maximum atomic E-state index is 9.57. The minimum atomic E-state index is -0.623. The van der Waals surface area contributed by atoms with Gasteiger partial charge < -0.3 is 20.4 Å². The lowest BCUT2D eigenvalue weighted by atomic mass is 9.99. The number of nitriles is 1. The maximum absolute atomic E-state index is 9.57. The minimum Gasteiger partial charge on any atom is -0.480 e. The third-order valence-corrected chi connectivity index (χ3v) is 2.73. The van der Waals surface area contributed by atoms with E-state index in [0.717, 1.165) is 0 Å². The highest BCUT2D eigenvalue weighted by molar-refractivity contribution is 6.19. The Balaban J connectivity index is 2.65. The second kappa shape index (κ2) is 2.98. The highest BCUT2D eigenvalue weighted by Gasteiger charge is 2.30. The molecule has 1 aliphatic rings. The molecule has 0 fully saturated rings. The lowest BCUT2D eigenvalue weighted by molar-refractivity contribution is 0.270. The van der Waals surface area contributed by atoms with Crippen molar-refractivity contribution in [3.05, 3.63) is 11.1 Å². The normalized spacial score (nSPS) is 12.9. The Kier molecular flexibility index (Phi) is 1.67. The van der Waals surface area contributed by atoms with Gasteiger partial charge in [0.1, 0.15) is 11.8 Å². The number of hydrogen-bond acceptors (Lipinski definition) is 7. The summed E-state index contributed by atoms with van der Waals surface area (Å²) in [5.41, 5.74) is 6.00. The highest BCUT2D eigenvalue weighted by Crippen LogP contribution is 2.48. The van der Waals surface area contributed by atoms with Crippen LogP contribution in [0, 0.1) is 16.7 Å². The summed E-state index contributed by atoms with van der Waals surface area (Å²) < 4.78 is 4.64. The van der Waals surface area contributed by atoms with Crippen LogP contribution in [-0.2, 0) is 0 Å². The molecule has 0 amide bonds. The quantitative estimate of drug-likeness (QED) is 0.519. The molecule has 0 saturated carbocycles. The van der Waals surface area contributed by atoms with E-state index in [2.05, 4.69) is 14.6 Å². The van der Waals surface area contributed by atoms with Gasteiger partial charge in [-0.3, -0.25) is 5.41 Å². The lowest BCUT2D eigenvalue weighted by Gasteiger charge is -2.04. The summed E-state index contributed by atoms with van der Waals surface area (Å²) >= 11 is 0. The zero-order valence-electron chi connectivity index (χ0n) is 8.72. The number of furan rings is 1. The van der Waals surface area contributed by atoms with E-state index >= 15 is 0 Å². The summed E-state index contributed by atoms with van der Waals surface area (Å²) in [5, 5.41) is 43.0. The largest absolute Gasteiger partial charge is 0.480 e. The van der Waals surface area contributed by atoms with Gasteiger partial charge in [-0.2, -0.15) is 5.26 Å². The van der Waals surface area contributed by atoms with E-state index in [1.165, 1.54) is 0 Å². The van der Waals surface area contributed by atoms with E-state index < -0.39 is 11.9 Å². The molecule has 88 valence electrons. The molecule has 3 rings (SSSR count). The molecule has 0 radical (unpaired) electrons. The number of hydrogen-bond donors (Lipinski definition) is 4. The van der Waals surface area contributed by atoms with Gasteiger partial charge in [0.05, 0.1) is 27.6 Å². The standard InChI is InChI=1S/C10H5N5O3/c11-1-2-3-4(10(17)18-9(3)16)6(12)5-7(2)14-15-8(5)13/h13,16-17H,12H2. The van der Waals surface area contributed by atoms with Crippen LogP contribution in [0.1, 0.15) is 11.1 Å². The molecule has 8 heteroatoms. The van der Waals surface area contributed by atoms with Crippen LogP contribution >= 0.6 is 0 Å². The first kappa shape index (κ1) is 10.1. The molecule has 1 aromatic carbocycles. The van der Waals surface area contributed by atoms with Gasteiger partial charge in [-0.05, 0) is 0 Å². The molecule has 0 atom stereocenters. The summed E-state index contributed by atoms with van der Waals surface area (Å²) in [6.45, 7) is 0. The van der Waals surface area contributed by atoms with Gasteiger partial charge in [0.25, 0.3) is 11.9 Å². The molecule has 2 aromatic rings. The molecule has 0 unspecified atom stereocenters. The molecule has 1 aromatic heterocycles. The number of benzene rings is 1. The number of anilines is 1. The van der Waals surface area contributed by atoms with Gasteiger partial charge in [-0.15, -0.1) is 10.2 Å². The number of azo groups is 1. The van der Waals surface area contributed by atoms with Gasteiger partial charge in [0, 0.05) is 0 Å². The number of amidine groups is 1. The fourth-order valence-corrected chi connectivity index (χ4v) is 1.98. The summed E-state index contributed by atoms with van der Waals surface area (Å²) in [7, 11) is 0. The number of nitrogen functional groups attached to an aromatic ring is 1. The van der Waals surface area contributed by atoms with Crippen LogP contribution in [-0.4, -0.2) is 16.0 Å². The summed E-state index contributed by atoms with van der Waals surface area (Å²) in [6, 6.07) is 1.84. The number of nitrogens with two attached hydrogens (primary N) is 1. The van der Waals surface area contributed by atoms with Gasteiger partial charge in [0.15, 0.2) is 5.84 Å². The van der Waals surface area contributed by atoms with Crippen LogP contribution < -0.4 is 5.73 Å². The fourth-order valence-electron chi connectivity index (χ4n) is 1.98. The van der Waals surface area contributed by atoms with Gasteiger partial charge >= 0.3 is 0 Å². The Bertz CT molecular complexity index is 796. The van der Waals surface area contributed by atoms with Gasteiger partial charge in [-0.25, -0.2) is 0 Å². The molecule has 0 bridgehead atoms. The zero-order valence-corrected chi connectivity index (χ0v) is 8.72. The molecule has 0 spiro atoms. The third-order valence-electron chi connectivity index (χ3n) is 2.73. The number of fused-ring (bicyclic) bond motifs is 2. The van der Waals surface area contributed by atoms with Crippen molar-refractivity contribution >= 4 is 28.0 Å². The molecule has 8 nitrogen and oxygen atoms in total. The first-order valence-electron chi connectivity index (χ1n) is 4.76. The van der Waals surface area contributed by atoms with Crippen molar-refractivity contribution in [3.8, 4) is 18.0 Å². The van der Waals surface area contributed by atoms with Crippen molar-refractivity contribution in [3.63, 3.8) is 0 Å². The van der Waals surface area contributed by atoms with Crippen LogP contribution in [0.5, 0.6) is 11.9 Å². The summed E-state index contributed by atoms with van der Waals surface area (Å²) in [4.78, 5) is 0. The molecule has 1 aliphatic heterocycles. The smallest absolute Gasteiger partial charge is 0.295 e. The first-order valence-corrected chi connectivity index (χ1v) is 4.76. The van der Waals surface area contributed by atoms with Crippen molar-refractivity contribution in [1.82, 2.24) is 0 Å². The molecule has 2 heterocycles. The summed E-state index contributed by atoms with van der Waals surface area (Å²) in [6.07, 6.45) is 0. The van der Waals surface area contributed by atoms with E-state index in [-0.39, 0.29) is 39.1 Å². The van der Waals surface area contributed by atoms with E-state index in [1.807, 2.05) is 6.07 Å². The average Bonchev–Trinajstić information content (AvgIpc) is 2.83. The van der Waals surface area contributed by atoms with Crippen LogP contribution in [0.3, 0.4) is 0 Å². The average molecular weight is 243 g/mol. The first-order chi connectivity index (χ1) is 8.56. The SMILES string of the molecule is N#Cc1c2c(c(N)c3c(O)oc(O)c13)C(=N)N=N2. The second-order valence-corrected chi connectivity index (χ2v) is 3.64. The number of nitrogens with one attached hydrogen (secondary N) is 1. The van der Waals surface area contributed by atoms with Crippen LogP contribution in [0.4, 0.5) is 11.4 Å². The molecular formula is C10H5N5O3. The Morgan fingerprint density at radius 1 is 1.22 bits per heavy atom. The monoisotopic (exact) mass is 243 g/mol. The maximum Gasteiger partial charge on any atom is 0.295 e. The van der Waals surface area contributed by atoms with Crippen LogP contribution in [0.2, 0.25) is 0 Å². The van der Waals surface area contributed by atoms with Crippen LogP contribution in [0.25, 0.3) is 10.8 Å².